The number of nitrogens with one attached hydrogen (secondary N) is 1. The highest BCUT2D eigenvalue weighted by atomic mass is 35.5. The zero-order valence-corrected chi connectivity index (χ0v) is 11.8. The quantitative estimate of drug-likeness (QED) is 0.843. The van der Waals surface area contributed by atoms with E-state index in [-0.39, 0.29) is 12.5 Å². The number of halogens is 1. The Balaban J connectivity index is 1.90. The van der Waals surface area contributed by atoms with Crippen LogP contribution in [0.4, 0.5) is 0 Å². The first-order valence-electron chi connectivity index (χ1n) is 6.34. The minimum Gasteiger partial charge on any atom is -0.484 e. The van der Waals surface area contributed by atoms with Crippen LogP contribution in [0, 0.1) is 5.92 Å². The van der Waals surface area contributed by atoms with Gasteiger partial charge >= 0.3 is 5.97 Å². The van der Waals surface area contributed by atoms with Crippen LogP contribution in [0.15, 0.2) is 24.3 Å². The van der Waals surface area contributed by atoms with Crippen molar-refractivity contribution in [2.45, 2.75) is 25.3 Å². The third-order valence-corrected chi connectivity index (χ3v) is 3.64. The smallest absolute Gasteiger partial charge is 0.329 e. The molecule has 1 saturated carbocycles. The van der Waals surface area contributed by atoms with Gasteiger partial charge in [-0.3, -0.25) is 4.79 Å². The maximum Gasteiger partial charge on any atom is 0.329 e. The molecule has 6 heteroatoms. The number of hydrogen-bond donors (Lipinski definition) is 2. The lowest BCUT2D eigenvalue weighted by Gasteiger charge is -2.26. The van der Waals surface area contributed by atoms with Gasteiger partial charge in [-0.15, -0.1) is 0 Å². The van der Waals surface area contributed by atoms with Crippen LogP contribution in [0.3, 0.4) is 0 Å². The van der Waals surface area contributed by atoms with E-state index >= 15 is 0 Å². The number of amides is 1. The predicted molar refractivity (Wildman–Crippen MR) is 73.9 cm³/mol. The van der Waals surface area contributed by atoms with Gasteiger partial charge in [0.25, 0.3) is 5.91 Å². The van der Waals surface area contributed by atoms with Crippen molar-refractivity contribution in [3.63, 3.8) is 0 Å². The number of carboxylic acid groups (broad SMARTS) is 1. The lowest BCUT2D eigenvalue weighted by molar-refractivity contribution is -0.148. The molecule has 1 aromatic rings. The highest BCUT2D eigenvalue weighted by Gasteiger charge is 2.48. The Morgan fingerprint density at radius 3 is 2.75 bits per heavy atom. The maximum atomic E-state index is 11.8. The van der Waals surface area contributed by atoms with E-state index in [4.69, 9.17) is 16.3 Å². The maximum absolute atomic E-state index is 11.8. The van der Waals surface area contributed by atoms with Gasteiger partial charge < -0.3 is 15.2 Å². The van der Waals surface area contributed by atoms with Crippen molar-refractivity contribution in [2.75, 3.05) is 6.61 Å². The Morgan fingerprint density at radius 2 is 2.20 bits per heavy atom. The Kier molecular flexibility index (Phi) is 4.18. The lowest BCUT2D eigenvalue weighted by Crippen LogP contribution is -2.55. The van der Waals surface area contributed by atoms with Crippen LogP contribution in [0.5, 0.6) is 5.75 Å². The van der Waals surface area contributed by atoms with E-state index in [9.17, 15) is 14.7 Å². The normalized spacial score (nSPS) is 17.1. The lowest BCUT2D eigenvalue weighted by atomic mass is 9.96. The van der Waals surface area contributed by atoms with Gasteiger partial charge in [0.2, 0.25) is 0 Å². The van der Waals surface area contributed by atoms with Crippen LogP contribution in [0.25, 0.3) is 0 Å². The van der Waals surface area contributed by atoms with E-state index in [1.807, 2.05) is 0 Å². The molecule has 0 spiro atoms. The summed E-state index contributed by atoms with van der Waals surface area (Å²) in [6.45, 7) is 1.29. The summed E-state index contributed by atoms with van der Waals surface area (Å²) in [4.78, 5) is 23.1. The summed E-state index contributed by atoms with van der Waals surface area (Å²) in [5.41, 5.74) is -1.21. The minimum absolute atomic E-state index is 0.00452. The van der Waals surface area contributed by atoms with Crippen molar-refractivity contribution in [2.24, 2.45) is 5.92 Å². The van der Waals surface area contributed by atoms with Crippen LogP contribution < -0.4 is 10.1 Å². The Hall–Kier alpha value is -1.75. The van der Waals surface area contributed by atoms with Crippen molar-refractivity contribution < 1.29 is 19.4 Å². The standard InChI is InChI=1S/C14H16ClNO4/c1-14(13(18)19,9-5-6-9)16-12(17)8-20-11-4-2-3-10(15)7-11/h2-4,7,9H,5-6,8H2,1H3,(H,16,17)(H,18,19). The van der Waals surface area contributed by atoms with E-state index in [2.05, 4.69) is 5.32 Å². The Labute approximate surface area is 121 Å². The molecule has 0 aliphatic heterocycles. The third-order valence-electron chi connectivity index (χ3n) is 3.40. The van der Waals surface area contributed by atoms with E-state index in [0.717, 1.165) is 12.8 Å². The van der Waals surface area contributed by atoms with Crippen LogP contribution in [0.2, 0.25) is 5.02 Å². The molecule has 108 valence electrons. The second-order valence-electron chi connectivity index (χ2n) is 5.08. The van der Waals surface area contributed by atoms with Gasteiger partial charge in [-0.25, -0.2) is 4.79 Å². The number of ether oxygens (including phenoxy) is 1. The monoisotopic (exact) mass is 297 g/mol. The van der Waals surface area contributed by atoms with E-state index < -0.39 is 17.4 Å². The molecule has 1 unspecified atom stereocenters. The fraction of sp³-hybridized carbons (Fsp3) is 0.429. The third kappa shape index (κ3) is 3.42. The van der Waals surface area contributed by atoms with Gasteiger partial charge in [-0.2, -0.15) is 0 Å². The molecular formula is C14H16ClNO4. The van der Waals surface area contributed by atoms with E-state index in [0.29, 0.717) is 10.8 Å². The van der Waals surface area contributed by atoms with Crippen molar-refractivity contribution in [3.8, 4) is 5.75 Å². The Morgan fingerprint density at radius 1 is 1.50 bits per heavy atom. The zero-order chi connectivity index (χ0) is 14.8. The fourth-order valence-electron chi connectivity index (χ4n) is 2.02. The second-order valence-corrected chi connectivity index (χ2v) is 5.51. The molecule has 0 saturated heterocycles. The summed E-state index contributed by atoms with van der Waals surface area (Å²) in [5, 5.41) is 12.3. The number of carbonyl (C=O) groups excluding carboxylic acids is 1. The van der Waals surface area contributed by atoms with Crippen LogP contribution in [-0.4, -0.2) is 29.1 Å². The molecule has 2 rings (SSSR count). The van der Waals surface area contributed by atoms with Crippen molar-refractivity contribution in [1.29, 1.82) is 0 Å². The number of hydrogen-bond acceptors (Lipinski definition) is 3. The molecule has 1 aliphatic carbocycles. The fourth-order valence-corrected chi connectivity index (χ4v) is 2.20. The summed E-state index contributed by atoms with van der Waals surface area (Å²) in [6.07, 6.45) is 1.64. The number of benzene rings is 1. The summed E-state index contributed by atoms with van der Waals surface area (Å²) >= 11 is 5.80. The first-order chi connectivity index (χ1) is 9.41. The summed E-state index contributed by atoms with van der Waals surface area (Å²) < 4.78 is 5.28. The number of carbonyl (C=O) groups is 2. The Bertz CT molecular complexity index is 530. The molecule has 0 bridgehead atoms. The molecule has 1 fully saturated rings. The molecule has 0 aromatic heterocycles. The number of aliphatic carboxylic acids is 1. The van der Waals surface area contributed by atoms with Gasteiger partial charge in [-0.05, 0) is 43.9 Å². The molecule has 0 heterocycles. The first-order valence-corrected chi connectivity index (χ1v) is 6.72. The molecule has 1 aliphatic rings. The van der Waals surface area contributed by atoms with Crippen LogP contribution in [0.1, 0.15) is 19.8 Å². The van der Waals surface area contributed by atoms with Crippen LogP contribution in [-0.2, 0) is 9.59 Å². The molecule has 0 radical (unpaired) electrons. The summed E-state index contributed by atoms with van der Waals surface area (Å²) in [7, 11) is 0. The molecule has 2 N–H and O–H groups in total. The summed E-state index contributed by atoms with van der Waals surface area (Å²) in [5.74, 6) is -1.01. The van der Waals surface area contributed by atoms with Crippen LogP contribution >= 0.6 is 11.6 Å². The molecule has 20 heavy (non-hydrogen) atoms. The summed E-state index contributed by atoms with van der Waals surface area (Å²) in [6, 6.07) is 6.67. The van der Waals surface area contributed by atoms with Crippen molar-refractivity contribution in [1.82, 2.24) is 5.32 Å². The highest BCUT2D eigenvalue weighted by Crippen LogP contribution is 2.39. The van der Waals surface area contributed by atoms with E-state index in [1.165, 1.54) is 6.92 Å². The van der Waals surface area contributed by atoms with Gasteiger partial charge in [0, 0.05) is 5.02 Å². The highest BCUT2D eigenvalue weighted by molar-refractivity contribution is 6.30. The molecule has 1 atom stereocenters. The second kappa shape index (κ2) is 5.71. The minimum atomic E-state index is -1.21. The van der Waals surface area contributed by atoms with Gasteiger partial charge in [0.15, 0.2) is 6.61 Å². The largest absolute Gasteiger partial charge is 0.484 e. The average molecular weight is 298 g/mol. The number of carboxylic acids is 1. The molecular weight excluding hydrogens is 282 g/mol. The average Bonchev–Trinajstić information content (AvgIpc) is 3.20. The number of rotatable bonds is 6. The molecule has 1 amide bonds. The van der Waals surface area contributed by atoms with Gasteiger partial charge in [0.1, 0.15) is 11.3 Å². The molecule has 5 nitrogen and oxygen atoms in total. The first kappa shape index (κ1) is 14.7. The SMILES string of the molecule is CC(NC(=O)COc1cccc(Cl)c1)(C(=O)O)C1CC1. The van der Waals surface area contributed by atoms with Gasteiger partial charge in [0.05, 0.1) is 0 Å². The zero-order valence-electron chi connectivity index (χ0n) is 11.1. The predicted octanol–water partition coefficient (Wildman–Crippen LogP) is 2.09. The topological polar surface area (TPSA) is 75.6 Å². The van der Waals surface area contributed by atoms with Gasteiger partial charge in [-0.1, -0.05) is 17.7 Å². The van der Waals surface area contributed by atoms with E-state index in [1.54, 1.807) is 24.3 Å². The van der Waals surface area contributed by atoms with Crippen molar-refractivity contribution >= 4 is 23.5 Å². The van der Waals surface area contributed by atoms with Crippen molar-refractivity contribution in [3.05, 3.63) is 29.3 Å². The molecule has 1 aromatic carbocycles.